The highest BCUT2D eigenvalue weighted by Crippen LogP contribution is 2.27. The highest BCUT2D eigenvalue weighted by Gasteiger charge is 2.04. The number of benzene rings is 2. The summed E-state index contributed by atoms with van der Waals surface area (Å²) in [6.45, 7) is 1.45. The molecule has 0 aliphatic heterocycles. The van der Waals surface area contributed by atoms with Gasteiger partial charge in [0, 0.05) is 19.0 Å². The van der Waals surface area contributed by atoms with Crippen molar-refractivity contribution in [3.8, 4) is 0 Å². The molecule has 0 saturated heterocycles. The van der Waals surface area contributed by atoms with E-state index in [2.05, 4.69) is 40.0 Å². The Balaban J connectivity index is 1.74. The number of nitrogens with zero attached hydrogens (tertiary/aromatic N) is 1. The number of fused-ring (bicyclic) bond motifs is 1. The summed E-state index contributed by atoms with van der Waals surface area (Å²) in [4.78, 5) is 0. The number of hydrogen-bond donors (Lipinski definition) is 1. The van der Waals surface area contributed by atoms with Crippen LogP contribution in [0.15, 0.2) is 48.5 Å². The SMILES string of the molecule is COCc1cccc(CNc2snc3ccccc23)c1. The van der Waals surface area contributed by atoms with Gasteiger partial charge in [0.05, 0.1) is 12.1 Å². The van der Waals surface area contributed by atoms with E-state index in [-0.39, 0.29) is 0 Å². The molecule has 3 nitrogen and oxygen atoms in total. The molecule has 0 amide bonds. The van der Waals surface area contributed by atoms with Gasteiger partial charge in [0.1, 0.15) is 5.00 Å². The first-order valence-corrected chi connectivity index (χ1v) is 7.29. The molecule has 0 saturated carbocycles. The third kappa shape index (κ3) is 2.81. The Morgan fingerprint density at radius 3 is 2.85 bits per heavy atom. The van der Waals surface area contributed by atoms with E-state index >= 15 is 0 Å². The zero-order valence-corrected chi connectivity index (χ0v) is 12.1. The predicted molar refractivity (Wildman–Crippen MR) is 84.1 cm³/mol. The molecule has 0 spiro atoms. The van der Waals surface area contributed by atoms with Crippen molar-refractivity contribution in [1.82, 2.24) is 4.37 Å². The van der Waals surface area contributed by atoms with Gasteiger partial charge in [-0.2, -0.15) is 4.37 Å². The zero-order chi connectivity index (χ0) is 13.8. The maximum atomic E-state index is 5.16. The molecule has 1 aromatic heterocycles. The summed E-state index contributed by atoms with van der Waals surface area (Å²) < 4.78 is 9.60. The lowest BCUT2D eigenvalue weighted by molar-refractivity contribution is 0.185. The Morgan fingerprint density at radius 2 is 1.95 bits per heavy atom. The second kappa shape index (κ2) is 6.03. The first-order valence-electron chi connectivity index (χ1n) is 6.52. The van der Waals surface area contributed by atoms with Crippen LogP contribution in [0.25, 0.3) is 10.9 Å². The number of rotatable bonds is 5. The van der Waals surface area contributed by atoms with Crippen LogP contribution in [-0.4, -0.2) is 11.5 Å². The van der Waals surface area contributed by atoms with E-state index in [1.807, 2.05) is 18.2 Å². The first kappa shape index (κ1) is 13.1. The van der Waals surface area contributed by atoms with Crippen molar-refractivity contribution in [2.75, 3.05) is 12.4 Å². The maximum absolute atomic E-state index is 5.16. The molecule has 1 heterocycles. The van der Waals surface area contributed by atoms with E-state index in [9.17, 15) is 0 Å². The third-order valence-corrected chi connectivity index (χ3v) is 3.97. The van der Waals surface area contributed by atoms with Gasteiger partial charge in [0.15, 0.2) is 0 Å². The second-order valence-electron chi connectivity index (χ2n) is 4.64. The largest absolute Gasteiger partial charge is 0.380 e. The number of methoxy groups -OCH3 is 1. The Labute approximate surface area is 122 Å². The number of ether oxygens (including phenoxy) is 1. The molecule has 0 bridgehead atoms. The smallest absolute Gasteiger partial charge is 0.117 e. The Morgan fingerprint density at radius 1 is 1.10 bits per heavy atom. The molecule has 102 valence electrons. The lowest BCUT2D eigenvalue weighted by Gasteiger charge is -2.06. The number of hydrogen-bond acceptors (Lipinski definition) is 4. The number of nitrogens with one attached hydrogen (secondary N) is 1. The van der Waals surface area contributed by atoms with E-state index in [0.29, 0.717) is 6.61 Å². The van der Waals surface area contributed by atoms with Gasteiger partial charge in [0.25, 0.3) is 0 Å². The molecule has 2 aromatic carbocycles. The van der Waals surface area contributed by atoms with Crippen molar-refractivity contribution in [2.24, 2.45) is 0 Å². The molecular formula is C16H16N2OS. The van der Waals surface area contributed by atoms with Crippen molar-refractivity contribution < 1.29 is 4.74 Å². The fourth-order valence-corrected chi connectivity index (χ4v) is 2.95. The van der Waals surface area contributed by atoms with E-state index in [0.717, 1.165) is 17.1 Å². The van der Waals surface area contributed by atoms with Gasteiger partial charge in [-0.15, -0.1) is 0 Å². The summed E-state index contributed by atoms with van der Waals surface area (Å²) in [6, 6.07) is 16.6. The Bertz CT molecular complexity index is 708. The Hall–Kier alpha value is -1.91. The topological polar surface area (TPSA) is 34.1 Å². The second-order valence-corrected chi connectivity index (χ2v) is 5.41. The molecule has 1 N–H and O–H groups in total. The molecule has 0 atom stereocenters. The standard InChI is InChI=1S/C16H16N2OS/c1-19-11-13-6-4-5-12(9-13)10-17-16-14-7-2-3-8-15(14)18-20-16/h2-9,17H,10-11H2,1H3. The van der Waals surface area contributed by atoms with Gasteiger partial charge in [-0.25, -0.2) is 0 Å². The minimum Gasteiger partial charge on any atom is -0.380 e. The van der Waals surface area contributed by atoms with Crippen LogP contribution in [0.2, 0.25) is 0 Å². The molecule has 0 fully saturated rings. The average Bonchev–Trinajstić information content (AvgIpc) is 2.89. The molecule has 0 radical (unpaired) electrons. The van der Waals surface area contributed by atoms with E-state index in [4.69, 9.17) is 4.74 Å². The van der Waals surface area contributed by atoms with Crippen molar-refractivity contribution in [2.45, 2.75) is 13.2 Å². The third-order valence-electron chi connectivity index (χ3n) is 3.14. The normalized spacial score (nSPS) is 10.8. The van der Waals surface area contributed by atoms with E-state index in [1.165, 1.54) is 28.0 Å². The molecule has 20 heavy (non-hydrogen) atoms. The van der Waals surface area contributed by atoms with Crippen LogP contribution in [0.4, 0.5) is 5.00 Å². The fraction of sp³-hybridized carbons (Fsp3) is 0.188. The minimum absolute atomic E-state index is 0.650. The van der Waals surface area contributed by atoms with Crippen LogP contribution < -0.4 is 5.32 Å². The van der Waals surface area contributed by atoms with Crippen molar-refractivity contribution >= 4 is 27.4 Å². The molecule has 0 aliphatic carbocycles. The Kier molecular flexibility index (Phi) is 3.95. The van der Waals surface area contributed by atoms with Crippen LogP contribution in [0, 0.1) is 0 Å². The molecular weight excluding hydrogens is 268 g/mol. The summed E-state index contributed by atoms with van der Waals surface area (Å²) in [6.07, 6.45) is 0. The monoisotopic (exact) mass is 284 g/mol. The summed E-state index contributed by atoms with van der Waals surface area (Å²) >= 11 is 1.51. The fourth-order valence-electron chi connectivity index (χ4n) is 2.20. The minimum atomic E-state index is 0.650. The van der Waals surface area contributed by atoms with Gasteiger partial charge in [0.2, 0.25) is 0 Å². The van der Waals surface area contributed by atoms with E-state index < -0.39 is 0 Å². The highest BCUT2D eigenvalue weighted by molar-refractivity contribution is 7.11. The lowest BCUT2D eigenvalue weighted by Crippen LogP contribution is -1.99. The van der Waals surface area contributed by atoms with Gasteiger partial charge in [-0.1, -0.05) is 36.4 Å². The molecule has 0 unspecified atom stereocenters. The first-order chi connectivity index (χ1) is 9.86. The predicted octanol–water partition coefficient (Wildman–Crippen LogP) is 4.05. The van der Waals surface area contributed by atoms with Crippen molar-refractivity contribution in [1.29, 1.82) is 0 Å². The molecule has 3 aromatic rings. The summed E-state index contributed by atoms with van der Waals surface area (Å²) in [5, 5.41) is 5.78. The van der Waals surface area contributed by atoms with Crippen LogP contribution in [-0.2, 0) is 17.9 Å². The van der Waals surface area contributed by atoms with E-state index in [1.54, 1.807) is 7.11 Å². The highest BCUT2D eigenvalue weighted by atomic mass is 32.1. The summed E-state index contributed by atoms with van der Waals surface area (Å²) in [7, 11) is 1.72. The van der Waals surface area contributed by atoms with Crippen molar-refractivity contribution in [3.63, 3.8) is 0 Å². The lowest BCUT2D eigenvalue weighted by atomic mass is 10.1. The molecule has 3 rings (SSSR count). The van der Waals surface area contributed by atoms with Gasteiger partial charge in [-0.05, 0) is 34.8 Å². The zero-order valence-electron chi connectivity index (χ0n) is 11.3. The maximum Gasteiger partial charge on any atom is 0.117 e. The van der Waals surface area contributed by atoms with Gasteiger partial charge < -0.3 is 10.1 Å². The molecule has 0 aliphatic rings. The van der Waals surface area contributed by atoms with Crippen LogP contribution in [0.1, 0.15) is 11.1 Å². The van der Waals surface area contributed by atoms with Crippen LogP contribution in [0.5, 0.6) is 0 Å². The van der Waals surface area contributed by atoms with Crippen LogP contribution >= 0.6 is 11.5 Å². The average molecular weight is 284 g/mol. The van der Waals surface area contributed by atoms with Crippen LogP contribution in [0.3, 0.4) is 0 Å². The van der Waals surface area contributed by atoms with Gasteiger partial charge >= 0.3 is 0 Å². The number of anilines is 1. The quantitative estimate of drug-likeness (QED) is 0.767. The number of aromatic nitrogens is 1. The molecule has 4 heteroatoms. The summed E-state index contributed by atoms with van der Waals surface area (Å²) in [5.74, 6) is 0. The van der Waals surface area contributed by atoms with Crippen molar-refractivity contribution in [3.05, 3.63) is 59.7 Å². The summed E-state index contributed by atoms with van der Waals surface area (Å²) in [5.41, 5.74) is 3.49. The van der Waals surface area contributed by atoms with Gasteiger partial charge in [-0.3, -0.25) is 0 Å².